The molecule has 35 heavy (non-hydrogen) atoms. The quantitative estimate of drug-likeness (QED) is 0.451. The predicted molar refractivity (Wildman–Crippen MR) is 139 cm³/mol. The number of hydrogen-bond donors (Lipinski definition) is 4. The van der Waals surface area contributed by atoms with E-state index in [1.807, 2.05) is 7.11 Å². The number of carbonyl (C=O) groups is 1. The molecule has 3 aliphatic heterocycles. The normalized spacial score (nSPS) is 39.9. The monoisotopic (exact) mass is 490 g/mol. The number of piperidine rings is 1. The van der Waals surface area contributed by atoms with Crippen LogP contribution in [-0.4, -0.2) is 93.2 Å². The topological polar surface area (TPSA) is 80.9 Å². The van der Waals surface area contributed by atoms with Crippen molar-refractivity contribution in [2.24, 2.45) is 17.8 Å². The third kappa shape index (κ3) is 6.76. The minimum Gasteiger partial charge on any atom is -0.381 e. The Morgan fingerprint density at radius 3 is 2.14 bits per heavy atom. The zero-order valence-corrected chi connectivity index (χ0v) is 22.0. The van der Waals surface area contributed by atoms with Crippen molar-refractivity contribution in [3.63, 3.8) is 0 Å². The molecule has 8 nitrogen and oxygen atoms in total. The average molecular weight is 491 g/mol. The molecule has 5 aliphatic rings. The van der Waals surface area contributed by atoms with E-state index in [2.05, 4.69) is 31.1 Å². The number of methoxy groups -OCH3 is 1. The molecule has 0 aromatic carbocycles. The van der Waals surface area contributed by atoms with Crippen LogP contribution in [-0.2, 0) is 9.53 Å². The summed E-state index contributed by atoms with van der Waals surface area (Å²) < 4.78 is 5.54. The lowest BCUT2D eigenvalue weighted by molar-refractivity contribution is -0.139. The first kappa shape index (κ1) is 25.9. The molecule has 0 radical (unpaired) electrons. The highest BCUT2D eigenvalue weighted by Gasteiger charge is 2.34. The minimum absolute atomic E-state index is 0.209. The predicted octanol–water partition coefficient (Wildman–Crippen LogP) is 1.68. The number of nitrogens with zero attached hydrogens (tertiary/aromatic N) is 2. The summed E-state index contributed by atoms with van der Waals surface area (Å²) in [5.41, 5.74) is 0. The number of rotatable bonds is 6. The summed E-state index contributed by atoms with van der Waals surface area (Å²) in [4.78, 5) is 17.9. The Hall–Kier alpha value is -0.770. The number of piperazine rings is 1. The summed E-state index contributed by atoms with van der Waals surface area (Å²) in [7, 11) is 1.85. The Labute approximate surface area is 212 Å². The molecule has 0 aromatic rings. The zero-order valence-electron chi connectivity index (χ0n) is 22.0. The Morgan fingerprint density at radius 1 is 0.800 bits per heavy atom. The van der Waals surface area contributed by atoms with E-state index in [0.717, 1.165) is 83.3 Å². The van der Waals surface area contributed by atoms with E-state index in [0.29, 0.717) is 24.2 Å². The van der Waals surface area contributed by atoms with Crippen LogP contribution in [0, 0.1) is 17.8 Å². The Kier molecular flexibility index (Phi) is 9.35. The van der Waals surface area contributed by atoms with Crippen LogP contribution in [0.2, 0.25) is 0 Å². The second-order valence-electron chi connectivity index (χ2n) is 11.8. The largest absolute Gasteiger partial charge is 0.381 e. The van der Waals surface area contributed by atoms with Crippen LogP contribution in [0.4, 0.5) is 0 Å². The van der Waals surface area contributed by atoms with Crippen LogP contribution in [0.25, 0.3) is 0 Å². The van der Waals surface area contributed by atoms with Crippen molar-refractivity contribution in [1.82, 2.24) is 31.1 Å². The Morgan fingerprint density at radius 2 is 1.51 bits per heavy atom. The first-order chi connectivity index (χ1) is 17.2. The van der Waals surface area contributed by atoms with Crippen LogP contribution in [0.5, 0.6) is 0 Å². The van der Waals surface area contributed by atoms with Crippen molar-refractivity contribution in [3.8, 4) is 0 Å². The average Bonchev–Trinajstić information content (AvgIpc) is 2.94. The summed E-state index contributed by atoms with van der Waals surface area (Å²) in [5, 5.41) is 14.9. The van der Waals surface area contributed by atoms with Gasteiger partial charge in [-0.2, -0.15) is 0 Å². The summed E-state index contributed by atoms with van der Waals surface area (Å²) in [6.07, 6.45) is 14.4. The zero-order chi connectivity index (χ0) is 24.0. The highest BCUT2D eigenvalue weighted by atomic mass is 16.5. The molecule has 0 aromatic heterocycles. The molecule has 4 N–H and O–H groups in total. The first-order valence-corrected chi connectivity index (χ1v) is 14.7. The third-order valence-corrected chi connectivity index (χ3v) is 9.72. The molecule has 8 heteroatoms. The van der Waals surface area contributed by atoms with Crippen molar-refractivity contribution < 1.29 is 9.53 Å². The van der Waals surface area contributed by atoms with Crippen molar-refractivity contribution in [2.75, 3.05) is 52.9 Å². The summed E-state index contributed by atoms with van der Waals surface area (Å²) in [6.45, 7) is 7.19. The van der Waals surface area contributed by atoms with Gasteiger partial charge in [-0.05, 0) is 89.0 Å². The fraction of sp³-hybridized carbons (Fsp3) is 0.963. The van der Waals surface area contributed by atoms with E-state index in [4.69, 9.17) is 4.74 Å². The van der Waals surface area contributed by atoms with Gasteiger partial charge < -0.3 is 15.0 Å². The van der Waals surface area contributed by atoms with Crippen LogP contribution in [0.3, 0.4) is 0 Å². The molecule has 2 saturated carbocycles. The molecular formula is C27H50N6O2. The number of nitrogens with one attached hydrogen (secondary N) is 4. The molecule has 200 valence electrons. The van der Waals surface area contributed by atoms with Gasteiger partial charge in [-0.1, -0.05) is 0 Å². The maximum atomic E-state index is 13.2. The first-order valence-electron chi connectivity index (χ1n) is 14.7. The van der Waals surface area contributed by atoms with E-state index in [1.165, 1.54) is 44.9 Å². The second kappa shape index (κ2) is 12.7. The molecule has 1 amide bonds. The highest BCUT2D eigenvalue weighted by molar-refractivity contribution is 5.79. The maximum absolute atomic E-state index is 13.2. The van der Waals surface area contributed by atoms with Crippen LogP contribution >= 0.6 is 0 Å². The maximum Gasteiger partial charge on any atom is 0.225 e. The molecule has 5 rings (SSSR count). The lowest BCUT2D eigenvalue weighted by atomic mass is 9.78. The van der Waals surface area contributed by atoms with Gasteiger partial charge in [0.1, 0.15) is 6.29 Å². The van der Waals surface area contributed by atoms with Gasteiger partial charge >= 0.3 is 0 Å². The summed E-state index contributed by atoms with van der Waals surface area (Å²) in [5.74, 6) is 2.20. The van der Waals surface area contributed by atoms with Gasteiger partial charge in [0.15, 0.2) is 0 Å². The van der Waals surface area contributed by atoms with Gasteiger partial charge in [-0.3, -0.25) is 25.6 Å². The van der Waals surface area contributed by atoms with Crippen molar-refractivity contribution >= 4 is 5.91 Å². The Balaban J connectivity index is 0.972. The Bertz CT molecular complexity index is 642. The lowest BCUT2D eigenvalue weighted by Gasteiger charge is -2.43. The molecule has 3 saturated heterocycles. The fourth-order valence-electron chi connectivity index (χ4n) is 7.33. The van der Waals surface area contributed by atoms with Gasteiger partial charge in [0.25, 0.3) is 0 Å². The molecule has 0 spiro atoms. The fourth-order valence-corrected chi connectivity index (χ4v) is 7.33. The number of carbonyl (C=O) groups excluding carboxylic acids is 1. The van der Waals surface area contributed by atoms with E-state index < -0.39 is 0 Å². The van der Waals surface area contributed by atoms with E-state index >= 15 is 0 Å². The molecule has 0 bridgehead atoms. The van der Waals surface area contributed by atoms with Crippen LogP contribution < -0.4 is 21.3 Å². The van der Waals surface area contributed by atoms with Gasteiger partial charge in [0.2, 0.25) is 5.91 Å². The van der Waals surface area contributed by atoms with Crippen molar-refractivity contribution in [1.29, 1.82) is 0 Å². The highest BCUT2D eigenvalue weighted by Crippen LogP contribution is 2.32. The molecule has 1 unspecified atom stereocenters. The molecular weight excluding hydrogens is 440 g/mol. The van der Waals surface area contributed by atoms with E-state index in [1.54, 1.807) is 0 Å². The minimum atomic E-state index is 0.209. The van der Waals surface area contributed by atoms with Crippen molar-refractivity contribution in [2.45, 2.75) is 95.2 Å². The van der Waals surface area contributed by atoms with Crippen LogP contribution in [0.15, 0.2) is 0 Å². The van der Waals surface area contributed by atoms with Gasteiger partial charge in [-0.25, -0.2) is 0 Å². The van der Waals surface area contributed by atoms with Crippen LogP contribution in [0.1, 0.15) is 70.6 Å². The SMILES string of the molecule is COC1CCC(C2CNC(NC3CCC(C(=O)N4CCN(C5CCCCN5)CC4)CC3)NC2)CC1. The van der Waals surface area contributed by atoms with Crippen molar-refractivity contribution in [3.05, 3.63) is 0 Å². The van der Waals surface area contributed by atoms with Gasteiger partial charge in [-0.15, -0.1) is 0 Å². The molecule has 2 aliphatic carbocycles. The molecule has 5 fully saturated rings. The number of hydrogen-bond acceptors (Lipinski definition) is 7. The lowest BCUT2D eigenvalue weighted by Crippen LogP contribution is -2.63. The van der Waals surface area contributed by atoms with Gasteiger partial charge in [0, 0.05) is 58.3 Å². The second-order valence-corrected chi connectivity index (χ2v) is 11.8. The standard InChI is InChI=1S/C27H50N6O2/c1-35-24-11-7-20(8-12-24)22-18-29-27(30-19-22)31-23-9-5-21(6-10-23)26(34)33-16-14-32(15-17-33)25-4-2-3-13-28-25/h20-25,27-31H,2-19H2,1H3. The third-order valence-electron chi connectivity index (χ3n) is 9.72. The van der Waals surface area contributed by atoms with Gasteiger partial charge in [0.05, 0.1) is 12.3 Å². The van der Waals surface area contributed by atoms with E-state index in [9.17, 15) is 4.79 Å². The summed E-state index contributed by atoms with van der Waals surface area (Å²) >= 11 is 0. The molecule has 1 atom stereocenters. The molecule has 3 heterocycles. The number of ether oxygens (including phenoxy) is 1. The number of amides is 1. The smallest absolute Gasteiger partial charge is 0.225 e. The van der Waals surface area contributed by atoms with E-state index in [-0.39, 0.29) is 12.2 Å². The summed E-state index contributed by atoms with van der Waals surface area (Å²) in [6, 6.07) is 0.506.